The molecule has 0 aromatic carbocycles. The highest BCUT2D eigenvalue weighted by atomic mass is 79.9. The van der Waals surface area contributed by atoms with E-state index in [0.717, 1.165) is 17.3 Å². The van der Waals surface area contributed by atoms with Crippen LogP contribution in [0, 0.1) is 0 Å². The lowest BCUT2D eigenvalue weighted by atomic mass is 10.2. The molecule has 1 heterocycles. The molecule has 3 nitrogen and oxygen atoms in total. The summed E-state index contributed by atoms with van der Waals surface area (Å²) in [7, 11) is 0. The predicted octanol–water partition coefficient (Wildman–Crippen LogP) is 3.06. The standard InChI is InChI=1S/C9H13BrClN3/c1-2-8(3-4-11)14-9-12-5-7(10)6-13-9/h5-6,8H,2-4H2,1H3,(H,12,13,14). The van der Waals surface area contributed by atoms with Crippen molar-refractivity contribution in [3.8, 4) is 0 Å². The van der Waals surface area contributed by atoms with E-state index in [2.05, 4.69) is 38.1 Å². The fraction of sp³-hybridized carbons (Fsp3) is 0.556. The second kappa shape index (κ2) is 6.19. The van der Waals surface area contributed by atoms with Crippen LogP contribution in [0.25, 0.3) is 0 Å². The Bertz CT molecular complexity index is 265. The highest BCUT2D eigenvalue weighted by Crippen LogP contribution is 2.10. The van der Waals surface area contributed by atoms with Crippen molar-refractivity contribution < 1.29 is 0 Å². The number of halogens is 2. The minimum absolute atomic E-state index is 0.355. The summed E-state index contributed by atoms with van der Waals surface area (Å²) in [5.74, 6) is 1.31. The number of rotatable bonds is 5. The van der Waals surface area contributed by atoms with Crippen molar-refractivity contribution in [1.82, 2.24) is 9.97 Å². The van der Waals surface area contributed by atoms with Crippen molar-refractivity contribution in [2.45, 2.75) is 25.8 Å². The van der Waals surface area contributed by atoms with Gasteiger partial charge in [0.15, 0.2) is 0 Å². The first kappa shape index (κ1) is 11.7. The third-order valence-electron chi connectivity index (χ3n) is 1.90. The van der Waals surface area contributed by atoms with Gasteiger partial charge in [-0.3, -0.25) is 0 Å². The Morgan fingerprint density at radius 2 is 2.14 bits per heavy atom. The van der Waals surface area contributed by atoms with Gasteiger partial charge in [-0.1, -0.05) is 6.92 Å². The first-order valence-corrected chi connectivity index (χ1v) is 5.89. The van der Waals surface area contributed by atoms with Crippen LogP contribution in [0.4, 0.5) is 5.95 Å². The van der Waals surface area contributed by atoms with Crippen molar-refractivity contribution in [1.29, 1.82) is 0 Å². The number of anilines is 1. The monoisotopic (exact) mass is 277 g/mol. The third-order valence-corrected chi connectivity index (χ3v) is 2.53. The van der Waals surface area contributed by atoms with Gasteiger partial charge in [-0.2, -0.15) is 0 Å². The summed E-state index contributed by atoms with van der Waals surface area (Å²) in [5, 5.41) is 3.23. The van der Waals surface area contributed by atoms with Gasteiger partial charge in [0.2, 0.25) is 5.95 Å². The molecule has 0 radical (unpaired) electrons. The molecule has 0 spiro atoms. The summed E-state index contributed by atoms with van der Waals surface area (Å²) in [6, 6.07) is 0.355. The summed E-state index contributed by atoms with van der Waals surface area (Å²) < 4.78 is 0.883. The largest absolute Gasteiger partial charge is 0.351 e. The molecule has 0 aliphatic carbocycles. The number of aromatic nitrogens is 2. The molecule has 0 amide bonds. The fourth-order valence-electron chi connectivity index (χ4n) is 1.08. The molecule has 14 heavy (non-hydrogen) atoms. The Balaban J connectivity index is 2.53. The minimum atomic E-state index is 0.355. The van der Waals surface area contributed by atoms with E-state index >= 15 is 0 Å². The van der Waals surface area contributed by atoms with Gasteiger partial charge in [0.05, 0.1) is 4.47 Å². The Hall–Kier alpha value is -0.350. The Kier molecular flexibility index (Phi) is 5.19. The lowest BCUT2D eigenvalue weighted by Gasteiger charge is -2.14. The first-order valence-electron chi connectivity index (χ1n) is 4.56. The van der Waals surface area contributed by atoms with Crippen molar-refractivity contribution in [2.24, 2.45) is 0 Å². The summed E-state index contributed by atoms with van der Waals surface area (Å²) >= 11 is 8.96. The lowest BCUT2D eigenvalue weighted by Crippen LogP contribution is -2.20. The van der Waals surface area contributed by atoms with E-state index in [1.807, 2.05) is 0 Å². The topological polar surface area (TPSA) is 37.8 Å². The molecule has 0 aliphatic heterocycles. The SMILES string of the molecule is CCC(CCCl)Nc1ncc(Br)cn1. The zero-order valence-corrected chi connectivity index (χ0v) is 10.3. The zero-order chi connectivity index (χ0) is 10.4. The summed E-state index contributed by atoms with van der Waals surface area (Å²) in [5.41, 5.74) is 0. The number of nitrogens with zero attached hydrogens (tertiary/aromatic N) is 2. The molecular formula is C9H13BrClN3. The molecule has 1 N–H and O–H groups in total. The van der Waals surface area contributed by atoms with Crippen LogP contribution in [0.3, 0.4) is 0 Å². The Labute approximate surface area is 97.4 Å². The Morgan fingerprint density at radius 3 is 2.64 bits per heavy atom. The van der Waals surface area contributed by atoms with Crippen molar-refractivity contribution in [3.63, 3.8) is 0 Å². The van der Waals surface area contributed by atoms with Crippen molar-refractivity contribution >= 4 is 33.5 Å². The van der Waals surface area contributed by atoms with Crippen LogP contribution < -0.4 is 5.32 Å². The highest BCUT2D eigenvalue weighted by Gasteiger charge is 2.06. The average Bonchev–Trinajstić information content (AvgIpc) is 2.20. The fourth-order valence-corrected chi connectivity index (χ4v) is 1.55. The molecule has 0 saturated carbocycles. The Morgan fingerprint density at radius 1 is 1.50 bits per heavy atom. The number of nitrogens with one attached hydrogen (secondary N) is 1. The van der Waals surface area contributed by atoms with Gasteiger partial charge in [-0.05, 0) is 28.8 Å². The predicted molar refractivity (Wildman–Crippen MR) is 62.8 cm³/mol. The van der Waals surface area contributed by atoms with Gasteiger partial charge in [0, 0.05) is 24.3 Å². The number of hydrogen-bond donors (Lipinski definition) is 1. The van der Waals surface area contributed by atoms with E-state index in [9.17, 15) is 0 Å². The molecular weight excluding hydrogens is 265 g/mol. The zero-order valence-electron chi connectivity index (χ0n) is 8.00. The minimum Gasteiger partial charge on any atom is -0.351 e. The van der Waals surface area contributed by atoms with E-state index < -0.39 is 0 Å². The normalized spacial score (nSPS) is 12.5. The quantitative estimate of drug-likeness (QED) is 0.841. The van der Waals surface area contributed by atoms with Crippen LogP contribution in [-0.2, 0) is 0 Å². The van der Waals surface area contributed by atoms with Gasteiger partial charge in [-0.25, -0.2) is 9.97 Å². The van der Waals surface area contributed by atoms with E-state index in [1.54, 1.807) is 12.4 Å². The maximum atomic E-state index is 5.68. The van der Waals surface area contributed by atoms with Crippen LogP contribution >= 0.6 is 27.5 Å². The van der Waals surface area contributed by atoms with Gasteiger partial charge < -0.3 is 5.32 Å². The van der Waals surface area contributed by atoms with Crippen molar-refractivity contribution in [2.75, 3.05) is 11.2 Å². The molecule has 1 aromatic rings. The van der Waals surface area contributed by atoms with Crippen LogP contribution in [-0.4, -0.2) is 21.9 Å². The van der Waals surface area contributed by atoms with Gasteiger partial charge >= 0.3 is 0 Å². The van der Waals surface area contributed by atoms with Crippen LogP contribution in [0.5, 0.6) is 0 Å². The molecule has 0 saturated heterocycles. The second-order valence-corrected chi connectivity index (χ2v) is 4.25. The van der Waals surface area contributed by atoms with Gasteiger partial charge in [-0.15, -0.1) is 11.6 Å². The number of hydrogen-bond acceptors (Lipinski definition) is 3. The molecule has 78 valence electrons. The molecule has 5 heteroatoms. The lowest BCUT2D eigenvalue weighted by molar-refractivity contribution is 0.668. The van der Waals surface area contributed by atoms with Gasteiger partial charge in [0.1, 0.15) is 0 Å². The smallest absolute Gasteiger partial charge is 0.222 e. The molecule has 1 aromatic heterocycles. The molecule has 0 aliphatic rings. The average molecular weight is 279 g/mol. The third kappa shape index (κ3) is 3.80. The van der Waals surface area contributed by atoms with Crippen LogP contribution in [0.1, 0.15) is 19.8 Å². The van der Waals surface area contributed by atoms with Crippen molar-refractivity contribution in [3.05, 3.63) is 16.9 Å². The summed E-state index contributed by atoms with van der Waals surface area (Å²) in [6.45, 7) is 2.11. The molecule has 1 atom stereocenters. The van der Waals surface area contributed by atoms with Crippen LogP contribution in [0.15, 0.2) is 16.9 Å². The summed E-state index contributed by atoms with van der Waals surface area (Å²) in [4.78, 5) is 8.27. The summed E-state index contributed by atoms with van der Waals surface area (Å²) in [6.07, 6.45) is 5.40. The van der Waals surface area contributed by atoms with Crippen LogP contribution in [0.2, 0.25) is 0 Å². The molecule has 0 bridgehead atoms. The molecule has 1 unspecified atom stereocenters. The molecule has 1 rings (SSSR count). The van der Waals surface area contributed by atoms with Gasteiger partial charge in [0.25, 0.3) is 0 Å². The molecule has 0 fully saturated rings. The maximum absolute atomic E-state index is 5.68. The second-order valence-electron chi connectivity index (χ2n) is 2.95. The first-order chi connectivity index (χ1) is 6.76. The van der Waals surface area contributed by atoms with E-state index in [1.165, 1.54) is 0 Å². The number of alkyl halides is 1. The highest BCUT2D eigenvalue weighted by molar-refractivity contribution is 9.10. The van der Waals surface area contributed by atoms with E-state index in [4.69, 9.17) is 11.6 Å². The maximum Gasteiger partial charge on any atom is 0.222 e. The van der Waals surface area contributed by atoms with E-state index in [-0.39, 0.29) is 0 Å². The van der Waals surface area contributed by atoms with E-state index in [0.29, 0.717) is 17.9 Å².